The minimum Gasteiger partial charge on any atom is -0.480 e. The van der Waals surface area contributed by atoms with E-state index in [-0.39, 0.29) is 24.7 Å². The van der Waals surface area contributed by atoms with Gasteiger partial charge in [0.1, 0.15) is 12.7 Å². The number of carbonyl (C=O) groups is 2. The van der Waals surface area contributed by atoms with Crippen LogP contribution in [-0.2, 0) is 19.1 Å². The number of ether oxygens (including phenoxy) is 2. The van der Waals surface area contributed by atoms with Gasteiger partial charge in [-0.1, -0.05) is 0 Å². The fourth-order valence-electron chi connectivity index (χ4n) is 2.36. The Bertz CT molecular complexity index is 322. The van der Waals surface area contributed by atoms with Crippen molar-refractivity contribution in [3.63, 3.8) is 0 Å². The molecule has 2 aliphatic heterocycles. The first kappa shape index (κ1) is 14.2. The number of nitrogens with zero attached hydrogens (tertiary/aromatic N) is 1. The number of hydrogen-bond acceptors (Lipinski definition) is 5. The second-order valence-corrected chi connectivity index (χ2v) is 4.79. The lowest BCUT2D eigenvalue weighted by atomic mass is 10.1. The molecule has 0 aromatic rings. The van der Waals surface area contributed by atoms with Gasteiger partial charge >= 0.3 is 5.97 Å². The third-order valence-corrected chi connectivity index (χ3v) is 3.40. The molecule has 1 amide bonds. The van der Waals surface area contributed by atoms with Crippen molar-refractivity contribution < 1.29 is 24.2 Å². The van der Waals surface area contributed by atoms with Gasteiger partial charge in [-0.15, -0.1) is 0 Å². The lowest BCUT2D eigenvalue weighted by molar-refractivity contribution is -0.151. The van der Waals surface area contributed by atoms with Gasteiger partial charge in [0.2, 0.25) is 0 Å². The quantitative estimate of drug-likeness (QED) is 0.687. The fourth-order valence-corrected chi connectivity index (χ4v) is 2.36. The number of nitrogens with one attached hydrogen (secondary N) is 1. The molecular weight excluding hydrogens is 252 g/mol. The average molecular weight is 272 g/mol. The number of morpholine rings is 1. The molecule has 19 heavy (non-hydrogen) atoms. The number of piperidine rings is 1. The van der Waals surface area contributed by atoms with Crippen LogP contribution in [0.4, 0.5) is 0 Å². The summed E-state index contributed by atoms with van der Waals surface area (Å²) >= 11 is 0. The first-order chi connectivity index (χ1) is 9.16. The lowest BCUT2D eigenvalue weighted by Gasteiger charge is -2.34. The molecule has 2 rings (SSSR count). The Morgan fingerprint density at radius 3 is 2.68 bits per heavy atom. The highest BCUT2D eigenvalue weighted by Gasteiger charge is 2.30. The molecule has 0 radical (unpaired) electrons. The summed E-state index contributed by atoms with van der Waals surface area (Å²) in [7, 11) is 0. The Labute approximate surface area is 111 Å². The maximum atomic E-state index is 12.2. The number of rotatable bonds is 4. The zero-order valence-electron chi connectivity index (χ0n) is 10.8. The number of carboxylic acid groups (broad SMARTS) is 1. The largest absolute Gasteiger partial charge is 0.480 e. The first-order valence-corrected chi connectivity index (χ1v) is 6.61. The topological polar surface area (TPSA) is 88.1 Å². The second kappa shape index (κ2) is 6.83. The number of aliphatic carboxylic acids is 1. The predicted octanol–water partition coefficient (Wildman–Crippen LogP) is -0.933. The van der Waals surface area contributed by atoms with Crippen molar-refractivity contribution in [3.8, 4) is 0 Å². The Morgan fingerprint density at radius 2 is 2.11 bits per heavy atom. The van der Waals surface area contributed by atoms with E-state index in [0.717, 1.165) is 6.54 Å². The molecule has 108 valence electrons. The lowest BCUT2D eigenvalue weighted by Crippen LogP contribution is -2.51. The Balaban J connectivity index is 1.72. The van der Waals surface area contributed by atoms with Crippen LogP contribution in [0.25, 0.3) is 0 Å². The minimum atomic E-state index is -0.958. The van der Waals surface area contributed by atoms with E-state index in [4.69, 9.17) is 14.6 Å². The molecule has 0 spiro atoms. The van der Waals surface area contributed by atoms with Gasteiger partial charge in [0, 0.05) is 26.2 Å². The molecule has 2 N–H and O–H groups in total. The van der Waals surface area contributed by atoms with Crippen molar-refractivity contribution in [1.29, 1.82) is 0 Å². The summed E-state index contributed by atoms with van der Waals surface area (Å²) in [4.78, 5) is 24.3. The van der Waals surface area contributed by atoms with Gasteiger partial charge in [-0.2, -0.15) is 0 Å². The van der Waals surface area contributed by atoms with E-state index >= 15 is 0 Å². The van der Waals surface area contributed by atoms with Gasteiger partial charge in [-0.25, -0.2) is 4.79 Å². The van der Waals surface area contributed by atoms with Gasteiger partial charge in [0.15, 0.2) is 0 Å². The van der Waals surface area contributed by atoms with Crippen LogP contribution < -0.4 is 5.32 Å². The molecule has 0 bridgehead atoms. The second-order valence-electron chi connectivity index (χ2n) is 4.79. The minimum absolute atomic E-state index is 0.0175. The van der Waals surface area contributed by atoms with E-state index in [1.165, 1.54) is 0 Å². The fraction of sp³-hybridized carbons (Fsp3) is 0.833. The van der Waals surface area contributed by atoms with Crippen molar-refractivity contribution in [2.45, 2.75) is 25.0 Å². The zero-order valence-corrected chi connectivity index (χ0v) is 10.8. The van der Waals surface area contributed by atoms with Gasteiger partial charge in [-0.3, -0.25) is 4.79 Å². The Kier molecular flexibility index (Phi) is 5.12. The Hall–Kier alpha value is -1.18. The Morgan fingerprint density at radius 1 is 1.37 bits per heavy atom. The molecule has 0 aliphatic carbocycles. The first-order valence-electron chi connectivity index (χ1n) is 6.61. The molecule has 1 atom stereocenters. The standard InChI is InChI=1S/C12H20N2O5/c15-11(16)8-19-9-1-4-14(5-2-9)12(17)10-7-13-3-6-18-10/h9-10,13H,1-8H2,(H,15,16). The van der Waals surface area contributed by atoms with Crippen LogP contribution >= 0.6 is 0 Å². The van der Waals surface area contributed by atoms with Gasteiger partial charge in [0.25, 0.3) is 5.91 Å². The highest BCUT2D eigenvalue weighted by Crippen LogP contribution is 2.15. The van der Waals surface area contributed by atoms with Crippen LogP contribution in [0.5, 0.6) is 0 Å². The average Bonchev–Trinajstić information content (AvgIpc) is 2.46. The van der Waals surface area contributed by atoms with Crippen LogP contribution in [-0.4, -0.2) is 73.5 Å². The van der Waals surface area contributed by atoms with Crippen LogP contribution in [0.15, 0.2) is 0 Å². The third kappa shape index (κ3) is 4.15. The van der Waals surface area contributed by atoms with Crippen molar-refractivity contribution in [2.75, 3.05) is 39.4 Å². The van der Waals surface area contributed by atoms with E-state index in [9.17, 15) is 9.59 Å². The highest BCUT2D eigenvalue weighted by atomic mass is 16.5. The van der Waals surface area contributed by atoms with Crippen molar-refractivity contribution in [1.82, 2.24) is 10.2 Å². The van der Waals surface area contributed by atoms with Crippen LogP contribution in [0, 0.1) is 0 Å². The summed E-state index contributed by atoms with van der Waals surface area (Å²) < 4.78 is 10.7. The number of hydrogen-bond donors (Lipinski definition) is 2. The summed E-state index contributed by atoms with van der Waals surface area (Å²) in [6, 6.07) is 0. The molecule has 7 heteroatoms. The zero-order chi connectivity index (χ0) is 13.7. The van der Waals surface area contributed by atoms with E-state index in [1.54, 1.807) is 4.90 Å². The number of amides is 1. The number of likely N-dealkylation sites (tertiary alicyclic amines) is 1. The molecule has 0 aromatic heterocycles. The van der Waals surface area contributed by atoms with Gasteiger partial charge in [0.05, 0.1) is 12.7 Å². The molecule has 1 unspecified atom stereocenters. The summed E-state index contributed by atoms with van der Waals surface area (Å²) in [5.74, 6) is -0.941. The van der Waals surface area contributed by atoms with Crippen LogP contribution in [0.3, 0.4) is 0 Å². The summed E-state index contributed by atoms with van der Waals surface area (Å²) in [5.41, 5.74) is 0. The van der Waals surface area contributed by atoms with Crippen molar-refractivity contribution in [3.05, 3.63) is 0 Å². The number of carbonyl (C=O) groups excluding carboxylic acids is 1. The smallest absolute Gasteiger partial charge is 0.329 e. The molecule has 0 aromatic carbocycles. The molecule has 7 nitrogen and oxygen atoms in total. The third-order valence-electron chi connectivity index (χ3n) is 3.40. The van der Waals surface area contributed by atoms with E-state index in [2.05, 4.69) is 5.32 Å². The molecular formula is C12H20N2O5. The van der Waals surface area contributed by atoms with Crippen molar-refractivity contribution in [2.24, 2.45) is 0 Å². The maximum absolute atomic E-state index is 12.2. The number of carboxylic acids is 1. The summed E-state index contributed by atoms with van der Waals surface area (Å²) in [6.45, 7) is 2.85. The summed E-state index contributed by atoms with van der Waals surface area (Å²) in [5, 5.41) is 11.7. The van der Waals surface area contributed by atoms with E-state index < -0.39 is 5.97 Å². The molecule has 2 fully saturated rings. The maximum Gasteiger partial charge on any atom is 0.329 e. The van der Waals surface area contributed by atoms with E-state index in [1.807, 2.05) is 0 Å². The molecule has 2 aliphatic rings. The molecule has 0 saturated carbocycles. The normalized spacial score (nSPS) is 25.3. The molecule has 2 heterocycles. The highest BCUT2D eigenvalue weighted by molar-refractivity contribution is 5.81. The van der Waals surface area contributed by atoms with Gasteiger partial charge in [-0.05, 0) is 12.8 Å². The van der Waals surface area contributed by atoms with Crippen LogP contribution in [0.2, 0.25) is 0 Å². The van der Waals surface area contributed by atoms with Gasteiger partial charge < -0.3 is 24.8 Å². The molecule has 2 saturated heterocycles. The van der Waals surface area contributed by atoms with Crippen molar-refractivity contribution >= 4 is 11.9 Å². The van der Waals surface area contributed by atoms with E-state index in [0.29, 0.717) is 39.1 Å². The monoisotopic (exact) mass is 272 g/mol. The summed E-state index contributed by atoms with van der Waals surface area (Å²) in [6.07, 6.45) is 0.911. The SMILES string of the molecule is O=C(O)COC1CCN(C(=O)C2CNCCO2)CC1. The predicted molar refractivity (Wildman–Crippen MR) is 65.8 cm³/mol. The van der Waals surface area contributed by atoms with Crippen LogP contribution in [0.1, 0.15) is 12.8 Å².